The summed E-state index contributed by atoms with van der Waals surface area (Å²) in [6.07, 6.45) is 9.85. The molecule has 0 aliphatic carbocycles. The van der Waals surface area contributed by atoms with E-state index in [1.54, 1.807) is 12.2 Å². The molecule has 2 aliphatic heterocycles. The molecule has 0 radical (unpaired) electrons. The molecule has 10 atom stereocenters. The van der Waals surface area contributed by atoms with Crippen molar-refractivity contribution in [1.82, 2.24) is 0 Å². The van der Waals surface area contributed by atoms with Crippen LogP contribution < -0.4 is 0 Å². The molecule has 2 rings (SSSR count). The number of ether oxygens (including phenoxy) is 5. The van der Waals surface area contributed by atoms with E-state index < -0.39 is 67.7 Å². The summed E-state index contributed by atoms with van der Waals surface area (Å²) in [6.45, 7) is 9.43. The molecule has 0 aromatic heterocycles. The first-order valence-corrected chi connectivity index (χ1v) is 15.4. The Morgan fingerprint density at radius 1 is 1.09 bits per heavy atom. The highest BCUT2D eigenvalue weighted by Crippen LogP contribution is 2.27. The standard InChI is InChI=1S/C34H52O11/c1-7-8-14-22(2)19-25-16-12-10-9-11-15-23(3)32(45-39)24(4)27(40-5)18-13-17-26(20-29(36)42-25)43-34-31(38)33(41-6)30(37)28(21-35)44-34/h7-13,17,19,23,25-28,30-35,37-39H,4,14-16,18,20-21H2,1-3,5-6H3/b8-7+,11-9-,12-10+,17-13+,22-19-/t23-,25+,26+,27-,28+,30+,31+,32-,33-,34+/m0/s1. The van der Waals surface area contributed by atoms with E-state index in [0.29, 0.717) is 24.8 Å². The number of carbonyl (C=O) groups is 1. The largest absolute Gasteiger partial charge is 0.458 e. The molecule has 0 unspecified atom stereocenters. The van der Waals surface area contributed by atoms with Gasteiger partial charge in [-0.15, -0.1) is 0 Å². The van der Waals surface area contributed by atoms with E-state index in [4.69, 9.17) is 28.6 Å². The van der Waals surface area contributed by atoms with Gasteiger partial charge in [0.15, 0.2) is 6.29 Å². The number of cyclic esters (lactones) is 1. The first-order valence-electron chi connectivity index (χ1n) is 15.4. The number of aliphatic hydroxyl groups is 3. The second kappa shape index (κ2) is 20.6. The molecule has 0 amide bonds. The quantitative estimate of drug-likeness (QED) is 0.126. The lowest BCUT2D eigenvalue weighted by atomic mass is 9.91. The minimum absolute atomic E-state index is 0.108. The number of rotatable bonds is 9. The van der Waals surface area contributed by atoms with Crippen LogP contribution in [0.5, 0.6) is 0 Å². The third kappa shape index (κ3) is 12.3. The van der Waals surface area contributed by atoms with Crippen molar-refractivity contribution in [2.24, 2.45) is 5.92 Å². The molecule has 254 valence electrons. The molecule has 2 aliphatic rings. The van der Waals surface area contributed by atoms with Gasteiger partial charge in [0.05, 0.1) is 25.2 Å². The molecule has 1 saturated heterocycles. The lowest BCUT2D eigenvalue weighted by molar-refractivity contribution is -0.311. The van der Waals surface area contributed by atoms with Crippen LogP contribution in [0.4, 0.5) is 0 Å². The Labute approximate surface area is 267 Å². The molecule has 0 saturated carbocycles. The van der Waals surface area contributed by atoms with Crippen LogP contribution in [0.1, 0.15) is 52.9 Å². The molecule has 45 heavy (non-hydrogen) atoms. The van der Waals surface area contributed by atoms with E-state index >= 15 is 0 Å². The van der Waals surface area contributed by atoms with E-state index in [0.717, 1.165) is 12.0 Å². The molecule has 11 heteroatoms. The third-order valence-electron chi connectivity index (χ3n) is 7.85. The van der Waals surface area contributed by atoms with Gasteiger partial charge in [-0.1, -0.05) is 67.7 Å². The first kappa shape index (κ1) is 38.7. The molecule has 1 fully saturated rings. The number of esters is 1. The predicted octanol–water partition coefficient (Wildman–Crippen LogP) is 3.96. The normalized spacial score (nSPS) is 37.0. The summed E-state index contributed by atoms with van der Waals surface area (Å²) >= 11 is 0. The highest BCUT2D eigenvalue weighted by atomic mass is 17.1. The van der Waals surface area contributed by atoms with E-state index in [9.17, 15) is 25.4 Å². The number of hydrogen-bond acceptors (Lipinski definition) is 11. The van der Waals surface area contributed by atoms with Crippen LogP contribution in [0, 0.1) is 5.92 Å². The number of hydrogen-bond donors (Lipinski definition) is 4. The molecule has 0 aromatic carbocycles. The molecule has 0 spiro atoms. The number of allylic oxidation sites excluding steroid dienone is 6. The van der Waals surface area contributed by atoms with Crippen LogP contribution in [0.15, 0.2) is 72.4 Å². The SMILES string of the molecule is C=C1[C@@H](OC)C/C=C/[C@@H](O[C@@H]2O[C@H](CO)[C@@H](O)[C@H](OC)[C@H]2O)CC(=O)O[C@@H](/C=C(/C)C/C=C/C)C/C=C/C=C\C[C@H](C)[C@@H]1OO. The Balaban J connectivity index is 2.42. The van der Waals surface area contributed by atoms with Crippen LogP contribution in [-0.2, 0) is 33.4 Å². The van der Waals surface area contributed by atoms with Gasteiger partial charge in [0.2, 0.25) is 0 Å². The second-order valence-corrected chi connectivity index (χ2v) is 11.4. The lowest BCUT2D eigenvalue weighted by Crippen LogP contribution is -2.60. The predicted molar refractivity (Wildman–Crippen MR) is 169 cm³/mol. The van der Waals surface area contributed by atoms with Gasteiger partial charge in [0, 0.05) is 20.6 Å². The third-order valence-corrected chi connectivity index (χ3v) is 7.85. The van der Waals surface area contributed by atoms with Crippen molar-refractivity contribution in [3.63, 3.8) is 0 Å². The zero-order chi connectivity index (χ0) is 33.4. The molecule has 4 N–H and O–H groups in total. The summed E-state index contributed by atoms with van der Waals surface area (Å²) in [6, 6.07) is 0. The fourth-order valence-corrected chi connectivity index (χ4v) is 5.26. The lowest BCUT2D eigenvalue weighted by Gasteiger charge is -2.42. The van der Waals surface area contributed by atoms with E-state index in [1.807, 2.05) is 63.3 Å². The van der Waals surface area contributed by atoms with Crippen LogP contribution in [0.3, 0.4) is 0 Å². The van der Waals surface area contributed by atoms with Gasteiger partial charge in [-0.05, 0) is 50.7 Å². The van der Waals surface area contributed by atoms with Crippen molar-refractivity contribution in [1.29, 1.82) is 0 Å². The smallest absolute Gasteiger partial charge is 0.309 e. The van der Waals surface area contributed by atoms with Crippen molar-refractivity contribution in [2.75, 3.05) is 20.8 Å². The summed E-state index contributed by atoms with van der Waals surface area (Å²) in [7, 11) is 2.84. The summed E-state index contributed by atoms with van der Waals surface area (Å²) in [5.41, 5.74) is 1.58. The summed E-state index contributed by atoms with van der Waals surface area (Å²) in [5.74, 6) is -0.652. The molecular formula is C34H52O11. The van der Waals surface area contributed by atoms with Gasteiger partial charge >= 0.3 is 5.97 Å². The average molecular weight is 637 g/mol. The highest BCUT2D eigenvalue weighted by molar-refractivity contribution is 5.70. The Bertz CT molecular complexity index is 1050. The van der Waals surface area contributed by atoms with E-state index in [1.165, 1.54) is 14.2 Å². The van der Waals surface area contributed by atoms with Gasteiger partial charge in [0.1, 0.15) is 36.6 Å². The van der Waals surface area contributed by atoms with Crippen LogP contribution >= 0.6 is 0 Å². The van der Waals surface area contributed by atoms with Crippen molar-refractivity contribution in [3.05, 3.63) is 72.4 Å². The molecule has 2 heterocycles. The van der Waals surface area contributed by atoms with Gasteiger partial charge in [-0.2, -0.15) is 0 Å². The van der Waals surface area contributed by atoms with Gasteiger partial charge < -0.3 is 39.0 Å². The maximum atomic E-state index is 13.3. The van der Waals surface area contributed by atoms with Crippen LogP contribution in [-0.4, -0.2) is 102 Å². The maximum Gasteiger partial charge on any atom is 0.309 e. The summed E-state index contributed by atoms with van der Waals surface area (Å²) in [4.78, 5) is 18.1. The zero-order valence-electron chi connectivity index (χ0n) is 27.1. The van der Waals surface area contributed by atoms with Gasteiger partial charge in [-0.3, -0.25) is 10.1 Å². The fraction of sp³-hybridized carbons (Fsp3) is 0.618. The number of carbonyl (C=O) groups excluding carboxylic acids is 1. The molecule has 0 bridgehead atoms. The average Bonchev–Trinajstić information content (AvgIpc) is 3.01. The van der Waals surface area contributed by atoms with Crippen molar-refractivity contribution >= 4 is 5.97 Å². The topological polar surface area (TPSA) is 153 Å². The summed E-state index contributed by atoms with van der Waals surface area (Å²) in [5, 5.41) is 40.7. The molecular weight excluding hydrogens is 584 g/mol. The van der Waals surface area contributed by atoms with Gasteiger partial charge in [-0.25, -0.2) is 4.89 Å². The second-order valence-electron chi connectivity index (χ2n) is 11.4. The van der Waals surface area contributed by atoms with Crippen LogP contribution in [0.25, 0.3) is 0 Å². The van der Waals surface area contributed by atoms with Crippen LogP contribution in [0.2, 0.25) is 0 Å². The maximum absolute atomic E-state index is 13.3. The Morgan fingerprint density at radius 3 is 2.42 bits per heavy atom. The molecule has 11 nitrogen and oxygen atoms in total. The van der Waals surface area contributed by atoms with Gasteiger partial charge in [0.25, 0.3) is 0 Å². The fourth-order valence-electron chi connectivity index (χ4n) is 5.26. The minimum atomic E-state index is -1.41. The van der Waals surface area contributed by atoms with E-state index in [-0.39, 0.29) is 12.3 Å². The Morgan fingerprint density at radius 2 is 1.80 bits per heavy atom. The summed E-state index contributed by atoms with van der Waals surface area (Å²) < 4.78 is 28.5. The number of methoxy groups -OCH3 is 2. The van der Waals surface area contributed by atoms with Crippen molar-refractivity contribution < 1.29 is 53.9 Å². The van der Waals surface area contributed by atoms with Crippen molar-refractivity contribution in [2.45, 2.75) is 108 Å². The minimum Gasteiger partial charge on any atom is -0.458 e. The van der Waals surface area contributed by atoms with Crippen molar-refractivity contribution in [3.8, 4) is 0 Å². The Kier molecular flexibility index (Phi) is 17.8. The monoisotopic (exact) mass is 636 g/mol. The van der Waals surface area contributed by atoms with E-state index in [2.05, 4.69) is 6.58 Å². The zero-order valence-corrected chi connectivity index (χ0v) is 27.1. The number of aliphatic hydroxyl groups excluding tert-OH is 3. The first-order chi connectivity index (χ1) is 21.6. The highest BCUT2D eigenvalue weighted by Gasteiger charge is 2.46. The Hall–Kier alpha value is -2.45. The molecule has 0 aromatic rings.